The maximum atomic E-state index is 12.3. The third-order valence-electron chi connectivity index (χ3n) is 3.52. The summed E-state index contributed by atoms with van der Waals surface area (Å²) in [4.78, 5) is 13.6. The Morgan fingerprint density at radius 2 is 2.05 bits per heavy atom. The van der Waals surface area contributed by atoms with Gasteiger partial charge in [-0.1, -0.05) is 12.1 Å². The summed E-state index contributed by atoms with van der Waals surface area (Å²) in [6.07, 6.45) is 2.03. The number of nitrogens with one attached hydrogen (secondary N) is 3. The van der Waals surface area contributed by atoms with Crippen LogP contribution in [0.4, 0.5) is 0 Å². The fourth-order valence-electron chi connectivity index (χ4n) is 2.78. The molecule has 0 atom stereocenters. The number of hydrogen-bond acceptors (Lipinski definition) is 4. The second kappa shape index (κ2) is 6.30. The SMILES string of the molecule is CC1(C)C=C(C(=O)NCCNCc2cccs2)C(C)(C)N1. The van der Waals surface area contributed by atoms with Gasteiger partial charge >= 0.3 is 0 Å². The summed E-state index contributed by atoms with van der Waals surface area (Å²) in [6.45, 7) is 10.5. The minimum absolute atomic E-state index is 0.0241. The number of amides is 1. The molecule has 0 bridgehead atoms. The number of carbonyl (C=O) groups is 1. The van der Waals surface area contributed by atoms with Crippen molar-refractivity contribution in [3.63, 3.8) is 0 Å². The van der Waals surface area contributed by atoms with Crippen LogP contribution in [0.15, 0.2) is 29.2 Å². The van der Waals surface area contributed by atoms with Crippen LogP contribution in [0, 0.1) is 0 Å². The van der Waals surface area contributed by atoms with E-state index in [-0.39, 0.29) is 17.0 Å². The molecule has 0 aromatic carbocycles. The maximum absolute atomic E-state index is 12.3. The topological polar surface area (TPSA) is 53.2 Å². The lowest BCUT2D eigenvalue weighted by Crippen LogP contribution is -2.48. The second-order valence-corrected chi connectivity index (χ2v) is 7.57. The van der Waals surface area contributed by atoms with E-state index in [0.717, 1.165) is 18.7 Å². The highest BCUT2D eigenvalue weighted by Crippen LogP contribution is 2.29. The number of hydrogen-bond donors (Lipinski definition) is 3. The van der Waals surface area contributed by atoms with Crippen LogP contribution in [0.2, 0.25) is 0 Å². The number of rotatable bonds is 6. The van der Waals surface area contributed by atoms with Crippen molar-refractivity contribution in [1.29, 1.82) is 0 Å². The van der Waals surface area contributed by atoms with E-state index in [1.165, 1.54) is 4.88 Å². The lowest BCUT2D eigenvalue weighted by atomic mass is 9.96. The first-order chi connectivity index (χ1) is 9.80. The highest BCUT2D eigenvalue weighted by Gasteiger charge is 2.39. The summed E-state index contributed by atoms with van der Waals surface area (Å²) >= 11 is 1.74. The van der Waals surface area contributed by atoms with Crippen molar-refractivity contribution in [2.24, 2.45) is 0 Å². The zero-order valence-corrected chi connectivity index (χ0v) is 14.1. The summed E-state index contributed by atoms with van der Waals surface area (Å²) < 4.78 is 0. The first-order valence-electron chi connectivity index (χ1n) is 7.34. The Morgan fingerprint density at radius 1 is 1.29 bits per heavy atom. The largest absolute Gasteiger partial charge is 0.351 e. The monoisotopic (exact) mass is 307 g/mol. The molecule has 0 saturated carbocycles. The fourth-order valence-corrected chi connectivity index (χ4v) is 3.46. The molecule has 0 aliphatic carbocycles. The van der Waals surface area contributed by atoms with Crippen LogP contribution in [0.3, 0.4) is 0 Å². The zero-order chi connectivity index (χ0) is 15.5. The van der Waals surface area contributed by atoms with Gasteiger partial charge in [-0.2, -0.15) is 0 Å². The third kappa shape index (κ3) is 4.40. The average molecular weight is 307 g/mol. The first-order valence-corrected chi connectivity index (χ1v) is 8.22. The third-order valence-corrected chi connectivity index (χ3v) is 4.40. The number of carbonyl (C=O) groups excluding carboxylic acids is 1. The molecule has 2 rings (SSSR count). The van der Waals surface area contributed by atoms with Crippen molar-refractivity contribution in [2.45, 2.75) is 45.3 Å². The van der Waals surface area contributed by atoms with Gasteiger partial charge in [-0.15, -0.1) is 11.3 Å². The Morgan fingerprint density at radius 3 is 2.62 bits per heavy atom. The van der Waals surface area contributed by atoms with E-state index < -0.39 is 0 Å². The van der Waals surface area contributed by atoms with Crippen LogP contribution in [0.25, 0.3) is 0 Å². The number of thiophene rings is 1. The smallest absolute Gasteiger partial charge is 0.248 e. The molecule has 1 aromatic heterocycles. The van der Waals surface area contributed by atoms with Gasteiger partial charge in [0.25, 0.3) is 0 Å². The van der Waals surface area contributed by atoms with Gasteiger partial charge in [0.05, 0.1) is 0 Å². The molecule has 1 amide bonds. The Kier molecular flexibility index (Phi) is 4.86. The molecule has 0 unspecified atom stereocenters. The summed E-state index contributed by atoms with van der Waals surface area (Å²) in [5, 5.41) is 11.8. The van der Waals surface area contributed by atoms with E-state index >= 15 is 0 Å². The molecule has 2 heterocycles. The molecule has 0 fully saturated rings. The van der Waals surface area contributed by atoms with Gasteiger partial charge in [-0.25, -0.2) is 0 Å². The lowest BCUT2D eigenvalue weighted by Gasteiger charge is -2.27. The molecule has 1 aliphatic rings. The van der Waals surface area contributed by atoms with Crippen LogP contribution >= 0.6 is 11.3 Å². The predicted molar refractivity (Wildman–Crippen MR) is 88.4 cm³/mol. The normalized spacial score (nSPS) is 19.3. The van der Waals surface area contributed by atoms with E-state index in [2.05, 4.69) is 41.2 Å². The molecule has 4 nitrogen and oxygen atoms in total. The molecule has 0 spiro atoms. The van der Waals surface area contributed by atoms with Crippen LogP contribution in [-0.4, -0.2) is 30.1 Å². The minimum Gasteiger partial charge on any atom is -0.351 e. The minimum atomic E-state index is -0.280. The maximum Gasteiger partial charge on any atom is 0.248 e. The molecule has 1 aromatic rings. The molecular formula is C16H25N3OS. The van der Waals surface area contributed by atoms with Crippen LogP contribution in [-0.2, 0) is 11.3 Å². The standard InChI is InChI=1S/C16H25N3OS/c1-15(2)10-13(16(3,4)19-15)14(20)18-8-7-17-11-12-6-5-9-21-12/h5-6,9-10,17,19H,7-8,11H2,1-4H3,(H,18,20). The summed E-state index contributed by atoms with van der Waals surface area (Å²) in [6, 6.07) is 4.16. The van der Waals surface area contributed by atoms with Crippen molar-refractivity contribution in [1.82, 2.24) is 16.0 Å². The zero-order valence-electron chi connectivity index (χ0n) is 13.2. The summed E-state index contributed by atoms with van der Waals surface area (Å²) in [5.74, 6) is 0.0241. The van der Waals surface area contributed by atoms with E-state index in [4.69, 9.17) is 0 Å². The summed E-state index contributed by atoms with van der Waals surface area (Å²) in [5.41, 5.74) is 0.414. The first kappa shape index (κ1) is 16.2. The summed E-state index contributed by atoms with van der Waals surface area (Å²) in [7, 11) is 0. The van der Waals surface area contributed by atoms with E-state index in [1.807, 2.05) is 26.0 Å². The van der Waals surface area contributed by atoms with Gasteiger partial charge in [0.15, 0.2) is 0 Å². The van der Waals surface area contributed by atoms with Crippen molar-refractivity contribution in [2.75, 3.05) is 13.1 Å². The van der Waals surface area contributed by atoms with Crippen LogP contribution < -0.4 is 16.0 Å². The van der Waals surface area contributed by atoms with E-state index in [0.29, 0.717) is 6.54 Å². The predicted octanol–water partition coefficient (Wildman–Crippen LogP) is 2.04. The van der Waals surface area contributed by atoms with Crippen molar-refractivity contribution in [3.05, 3.63) is 34.0 Å². The molecular weight excluding hydrogens is 282 g/mol. The average Bonchev–Trinajstić information content (AvgIpc) is 2.93. The molecule has 3 N–H and O–H groups in total. The Labute approximate surface area is 131 Å². The van der Waals surface area contributed by atoms with Gasteiger partial charge in [0.2, 0.25) is 5.91 Å². The van der Waals surface area contributed by atoms with Gasteiger partial charge in [-0.3, -0.25) is 10.1 Å². The quantitative estimate of drug-likeness (QED) is 0.705. The Balaban J connectivity index is 1.75. The van der Waals surface area contributed by atoms with Crippen LogP contribution in [0.5, 0.6) is 0 Å². The van der Waals surface area contributed by atoms with Crippen molar-refractivity contribution < 1.29 is 4.79 Å². The van der Waals surface area contributed by atoms with Gasteiger partial charge in [-0.05, 0) is 39.1 Å². The van der Waals surface area contributed by atoms with Crippen LogP contribution in [0.1, 0.15) is 32.6 Å². The highest BCUT2D eigenvalue weighted by atomic mass is 32.1. The molecule has 1 aliphatic heterocycles. The molecule has 116 valence electrons. The fraction of sp³-hybridized carbons (Fsp3) is 0.562. The van der Waals surface area contributed by atoms with Gasteiger partial charge in [0, 0.05) is 41.2 Å². The lowest BCUT2D eigenvalue weighted by molar-refractivity contribution is -0.118. The molecule has 21 heavy (non-hydrogen) atoms. The molecule has 0 saturated heterocycles. The van der Waals surface area contributed by atoms with E-state index in [9.17, 15) is 4.79 Å². The molecule has 0 radical (unpaired) electrons. The van der Waals surface area contributed by atoms with Gasteiger partial charge < -0.3 is 10.6 Å². The van der Waals surface area contributed by atoms with Crippen molar-refractivity contribution in [3.8, 4) is 0 Å². The van der Waals surface area contributed by atoms with Gasteiger partial charge in [0.1, 0.15) is 0 Å². The van der Waals surface area contributed by atoms with E-state index in [1.54, 1.807) is 11.3 Å². The second-order valence-electron chi connectivity index (χ2n) is 6.54. The highest BCUT2D eigenvalue weighted by molar-refractivity contribution is 7.09. The Hall–Kier alpha value is -1.17. The van der Waals surface area contributed by atoms with Crippen molar-refractivity contribution >= 4 is 17.2 Å². The Bertz CT molecular complexity index is 518. The molecule has 5 heteroatoms.